The predicted molar refractivity (Wildman–Crippen MR) is 82.9 cm³/mol. The number of pyridine rings is 1. The van der Waals surface area contributed by atoms with Crippen LogP contribution in [0.3, 0.4) is 0 Å². The van der Waals surface area contributed by atoms with Gasteiger partial charge in [0.25, 0.3) is 5.91 Å². The van der Waals surface area contributed by atoms with Crippen LogP contribution in [0.1, 0.15) is 22.3 Å². The van der Waals surface area contributed by atoms with Gasteiger partial charge in [-0.1, -0.05) is 17.7 Å². The third-order valence-electron chi connectivity index (χ3n) is 3.02. The summed E-state index contributed by atoms with van der Waals surface area (Å²) in [5, 5.41) is 3.46. The second-order valence-electron chi connectivity index (χ2n) is 4.56. The van der Waals surface area contributed by atoms with E-state index < -0.39 is 0 Å². The Balaban J connectivity index is 1.73. The molecule has 0 saturated heterocycles. The standard InChI is InChI=1S/C16H17ClN2O2/c1-12-14(6-2-7-15(12)17)16(20)19-9-4-10-21-13-5-3-8-18-11-13/h2-3,5-8,11H,4,9-10H2,1H3,(H,19,20). The highest BCUT2D eigenvalue weighted by Gasteiger charge is 2.09. The van der Waals surface area contributed by atoms with Crippen LogP contribution >= 0.6 is 11.6 Å². The maximum atomic E-state index is 12.0. The molecule has 0 unspecified atom stereocenters. The third-order valence-corrected chi connectivity index (χ3v) is 3.43. The Morgan fingerprint density at radius 3 is 2.95 bits per heavy atom. The average molecular weight is 305 g/mol. The lowest BCUT2D eigenvalue weighted by Gasteiger charge is -2.09. The molecule has 2 aromatic rings. The van der Waals surface area contributed by atoms with Crippen molar-refractivity contribution in [2.45, 2.75) is 13.3 Å². The molecule has 1 aromatic carbocycles. The maximum absolute atomic E-state index is 12.0. The third kappa shape index (κ3) is 4.46. The molecule has 0 fully saturated rings. The van der Waals surface area contributed by atoms with Crippen molar-refractivity contribution in [3.63, 3.8) is 0 Å². The number of nitrogens with zero attached hydrogens (tertiary/aromatic N) is 1. The fourth-order valence-electron chi connectivity index (χ4n) is 1.85. The maximum Gasteiger partial charge on any atom is 0.251 e. The Bertz CT molecular complexity index is 602. The number of hydrogen-bond acceptors (Lipinski definition) is 3. The highest BCUT2D eigenvalue weighted by atomic mass is 35.5. The van der Waals surface area contributed by atoms with Crippen LogP contribution in [0.2, 0.25) is 5.02 Å². The van der Waals surface area contributed by atoms with E-state index in [1.165, 1.54) is 0 Å². The van der Waals surface area contributed by atoms with Crippen LogP contribution in [-0.2, 0) is 0 Å². The lowest BCUT2D eigenvalue weighted by atomic mass is 10.1. The van der Waals surface area contributed by atoms with Crippen LogP contribution in [0.25, 0.3) is 0 Å². The zero-order valence-corrected chi connectivity index (χ0v) is 12.6. The van der Waals surface area contributed by atoms with Gasteiger partial charge < -0.3 is 10.1 Å². The molecule has 0 aliphatic heterocycles. The Labute approximate surface area is 129 Å². The van der Waals surface area contributed by atoms with E-state index in [4.69, 9.17) is 16.3 Å². The molecule has 1 amide bonds. The number of carbonyl (C=O) groups is 1. The predicted octanol–water partition coefficient (Wildman–Crippen LogP) is 3.24. The highest BCUT2D eigenvalue weighted by Crippen LogP contribution is 2.18. The van der Waals surface area contributed by atoms with E-state index in [-0.39, 0.29) is 5.91 Å². The van der Waals surface area contributed by atoms with E-state index in [1.807, 2.05) is 19.1 Å². The van der Waals surface area contributed by atoms with Gasteiger partial charge in [0, 0.05) is 23.3 Å². The van der Waals surface area contributed by atoms with Crippen molar-refractivity contribution in [2.24, 2.45) is 0 Å². The van der Waals surface area contributed by atoms with Crippen molar-refractivity contribution in [3.05, 3.63) is 58.9 Å². The molecular weight excluding hydrogens is 288 g/mol. The van der Waals surface area contributed by atoms with Gasteiger partial charge in [-0.15, -0.1) is 0 Å². The first-order valence-electron chi connectivity index (χ1n) is 6.74. The summed E-state index contributed by atoms with van der Waals surface area (Å²) in [6, 6.07) is 8.98. The number of halogens is 1. The molecule has 0 aliphatic rings. The Morgan fingerprint density at radius 2 is 2.19 bits per heavy atom. The minimum atomic E-state index is -0.114. The summed E-state index contributed by atoms with van der Waals surface area (Å²) in [4.78, 5) is 16.0. The lowest BCUT2D eigenvalue weighted by molar-refractivity contribution is 0.0951. The number of benzene rings is 1. The van der Waals surface area contributed by atoms with Crippen LogP contribution in [0.5, 0.6) is 5.75 Å². The molecule has 110 valence electrons. The molecule has 1 aromatic heterocycles. The van der Waals surface area contributed by atoms with Crippen LogP contribution in [0.15, 0.2) is 42.7 Å². The zero-order valence-electron chi connectivity index (χ0n) is 11.8. The van der Waals surface area contributed by atoms with Crippen LogP contribution in [0, 0.1) is 6.92 Å². The summed E-state index contributed by atoms with van der Waals surface area (Å²) in [7, 11) is 0. The van der Waals surface area contributed by atoms with Crippen LogP contribution in [0.4, 0.5) is 0 Å². The van der Waals surface area contributed by atoms with Gasteiger partial charge >= 0.3 is 0 Å². The van der Waals surface area contributed by atoms with Crippen LogP contribution in [-0.4, -0.2) is 24.0 Å². The first-order valence-corrected chi connectivity index (χ1v) is 7.12. The highest BCUT2D eigenvalue weighted by molar-refractivity contribution is 6.31. The number of nitrogens with one attached hydrogen (secondary N) is 1. The van der Waals surface area contributed by atoms with E-state index in [1.54, 1.807) is 30.6 Å². The normalized spacial score (nSPS) is 10.2. The quantitative estimate of drug-likeness (QED) is 0.834. The van der Waals surface area contributed by atoms with Crippen molar-refractivity contribution < 1.29 is 9.53 Å². The van der Waals surface area contributed by atoms with E-state index in [2.05, 4.69) is 10.3 Å². The molecule has 1 N–H and O–H groups in total. The number of amides is 1. The summed E-state index contributed by atoms with van der Waals surface area (Å²) < 4.78 is 5.50. The van der Waals surface area contributed by atoms with E-state index in [0.717, 1.165) is 17.7 Å². The fraction of sp³-hybridized carbons (Fsp3) is 0.250. The number of ether oxygens (including phenoxy) is 1. The smallest absolute Gasteiger partial charge is 0.251 e. The Hall–Kier alpha value is -2.07. The Morgan fingerprint density at radius 1 is 1.33 bits per heavy atom. The number of aromatic nitrogens is 1. The minimum Gasteiger partial charge on any atom is -0.492 e. The molecule has 0 bridgehead atoms. The van der Waals surface area contributed by atoms with Gasteiger partial charge in [0.1, 0.15) is 5.75 Å². The largest absolute Gasteiger partial charge is 0.492 e. The molecule has 0 radical (unpaired) electrons. The summed E-state index contributed by atoms with van der Waals surface area (Å²) in [6.45, 7) is 2.91. The molecule has 0 atom stereocenters. The van der Waals surface area contributed by atoms with Gasteiger partial charge in [-0.2, -0.15) is 0 Å². The molecule has 2 rings (SSSR count). The lowest BCUT2D eigenvalue weighted by Crippen LogP contribution is -2.26. The number of carbonyl (C=O) groups excluding carboxylic acids is 1. The van der Waals surface area contributed by atoms with Gasteiger partial charge in [-0.05, 0) is 43.2 Å². The van der Waals surface area contributed by atoms with Gasteiger partial charge in [-0.25, -0.2) is 0 Å². The van der Waals surface area contributed by atoms with Crippen LogP contribution < -0.4 is 10.1 Å². The Kier molecular flexibility index (Phi) is 5.58. The van der Waals surface area contributed by atoms with Crippen molar-refractivity contribution in [3.8, 4) is 5.75 Å². The first-order chi connectivity index (χ1) is 10.2. The molecule has 1 heterocycles. The molecule has 0 spiro atoms. The zero-order chi connectivity index (χ0) is 15.1. The summed E-state index contributed by atoms with van der Waals surface area (Å²) >= 11 is 6.00. The minimum absolute atomic E-state index is 0.114. The molecule has 4 nitrogen and oxygen atoms in total. The number of hydrogen-bond donors (Lipinski definition) is 1. The molecule has 0 saturated carbocycles. The first kappa shape index (κ1) is 15.3. The van der Waals surface area contributed by atoms with Gasteiger partial charge in [0.2, 0.25) is 0 Å². The molecule has 21 heavy (non-hydrogen) atoms. The molecular formula is C16H17ClN2O2. The fourth-order valence-corrected chi connectivity index (χ4v) is 2.02. The SMILES string of the molecule is Cc1c(Cl)cccc1C(=O)NCCCOc1cccnc1. The number of rotatable bonds is 6. The van der Waals surface area contributed by atoms with E-state index in [9.17, 15) is 4.79 Å². The average Bonchev–Trinajstić information content (AvgIpc) is 2.50. The summed E-state index contributed by atoms with van der Waals surface area (Å²) in [5.74, 6) is 0.617. The van der Waals surface area contributed by atoms with Crippen molar-refractivity contribution in [1.29, 1.82) is 0 Å². The van der Waals surface area contributed by atoms with E-state index >= 15 is 0 Å². The van der Waals surface area contributed by atoms with Crippen molar-refractivity contribution >= 4 is 17.5 Å². The van der Waals surface area contributed by atoms with E-state index in [0.29, 0.717) is 23.7 Å². The van der Waals surface area contributed by atoms with Crippen molar-refractivity contribution in [2.75, 3.05) is 13.2 Å². The monoisotopic (exact) mass is 304 g/mol. The second-order valence-corrected chi connectivity index (χ2v) is 4.97. The van der Waals surface area contributed by atoms with Crippen molar-refractivity contribution in [1.82, 2.24) is 10.3 Å². The van der Waals surface area contributed by atoms with Gasteiger partial charge in [0.15, 0.2) is 0 Å². The summed E-state index contributed by atoms with van der Waals surface area (Å²) in [6.07, 6.45) is 4.08. The summed E-state index contributed by atoms with van der Waals surface area (Å²) in [5.41, 5.74) is 1.40. The van der Waals surface area contributed by atoms with Gasteiger partial charge in [-0.3, -0.25) is 9.78 Å². The topological polar surface area (TPSA) is 51.2 Å². The molecule has 0 aliphatic carbocycles. The molecule has 5 heteroatoms. The second kappa shape index (κ2) is 7.64. The van der Waals surface area contributed by atoms with Gasteiger partial charge in [0.05, 0.1) is 12.8 Å².